The molecular formula is C21H22ClN2O4P. The number of hydrogen-bond acceptors (Lipinski definition) is 6. The zero-order chi connectivity index (χ0) is 20.6. The Morgan fingerprint density at radius 2 is 1.79 bits per heavy atom. The Morgan fingerprint density at radius 3 is 2.41 bits per heavy atom. The van der Waals surface area contributed by atoms with Crippen LogP contribution in [0.4, 0.5) is 0 Å². The van der Waals surface area contributed by atoms with Crippen LogP contribution in [0.25, 0.3) is 0 Å². The summed E-state index contributed by atoms with van der Waals surface area (Å²) in [6, 6.07) is 14.7. The van der Waals surface area contributed by atoms with Crippen LogP contribution in [0, 0.1) is 0 Å². The van der Waals surface area contributed by atoms with Crippen molar-refractivity contribution in [2.24, 2.45) is 5.10 Å². The third-order valence-corrected chi connectivity index (χ3v) is 7.71. The van der Waals surface area contributed by atoms with Gasteiger partial charge in [-0.2, -0.15) is 5.10 Å². The molecule has 6 nitrogen and oxygen atoms in total. The van der Waals surface area contributed by atoms with Gasteiger partial charge in [0.15, 0.2) is 11.2 Å². The van der Waals surface area contributed by atoms with Crippen LogP contribution < -0.4 is 5.43 Å². The molecule has 0 aromatic heterocycles. The van der Waals surface area contributed by atoms with Crippen LogP contribution in [0.2, 0.25) is 5.02 Å². The van der Waals surface area contributed by atoms with Crippen molar-refractivity contribution in [3.05, 3.63) is 70.2 Å². The second-order valence-corrected chi connectivity index (χ2v) is 9.44. The molecule has 1 aliphatic heterocycles. The number of benzene rings is 2. The van der Waals surface area contributed by atoms with Gasteiger partial charge in [0.05, 0.1) is 19.1 Å². The molecular weight excluding hydrogens is 411 g/mol. The minimum Gasteiger partial charge on any atom is -0.305 e. The van der Waals surface area contributed by atoms with E-state index in [2.05, 4.69) is 10.5 Å². The number of nitrogens with zero attached hydrogens (tertiary/aromatic N) is 1. The predicted molar refractivity (Wildman–Crippen MR) is 113 cm³/mol. The minimum absolute atomic E-state index is 0.0775. The maximum absolute atomic E-state index is 13.6. The van der Waals surface area contributed by atoms with Gasteiger partial charge >= 0.3 is 7.60 Å². The van der Waals surface area contributed by atoms with E-state index in [4.69, 9.17) is 20.6 Å². The van der Waals surface area contributed by atoms with Gasteiger partial charge < -0.3 is 9.05 Å². The standard InChI is InChI=1S/C21H22ClN2O4P/c1-3-27-29(26,28-4-2)20-18(14-9-11-16(22)12-10-14)21(24-23-20)13-15-7-5-6-8-17(15)19(21)25/h5-12,18,24H,3-4,13H2,1-2H3. The van der Waals surface area contributed by atoms with Crippen molar-refractivity contribution >= 4 is 30.4 Å². The molecule has 1 spiro atoms. The predicted octanol–water partition coefficient (Wildman–Crippen LogP) is 4.78. The van der Waals surface area contributed by atoms with Crippen molar-refractivity contribution in [3.8, 4) is 0 Å². The third-order valence-electron chi connectivity index (χ3n) is 5.34. The van der Waals surface area contributed by atoms with E-state index in [-0.39, 0.29) is 24.4 Å². The van der Waals surface area contributed by atoms with Crippen LogP contribution in [0.1, 0.15) is 41.3 Å². The summed E-state index contributed by atoms with van der Waals surface area (Å²) in [5.41, 5.74) is 4.55. The van der Waals surface area contributed by atoms with E-state index in [9.17, 15) is 9.36 Å². The second kappa shape index (κ2) is 7.69. The second-order valence-electron chi connectivity index (χ2n) is 7.03. The fourth-order valence-electron chi connectivity index (χ4n) is 4.16. The quantitative estimate of drug-likeness (QED) is 0.664. The van der Waals surface area contributed by atoms with Gasteiger partial charge in [-0.25, -0.2) is 0 Å². The molecule has 0 bridgehead atoms. The summed E-state index contributed by atoms with van der Waals surface area (Å²) in [5, 5.41) is 4.97. The van der Waals surface area contributed by atoms with Crippen LogP contribution in [0.15, 0.2) is 53.6 Å². The van der Waals surface area contributed by atoms with E-state index in [1.165, 1.54) is 0 Å². The van der Waals surface area contributed by atoms with Gasteiger partial charge in [0, 0.05) is 17.0 Å². The monoisotopic (exact) mass is 432 g/mol. The van der Waals surface area contributed by atoms with E-state index in [1.807, 2.05) is 36.4 Å². The first kappa shape index (κ1) is 20.3. The number of fused-ring (bicyclic) bond motifs is 1. The van der Waals surface area contributed by atoms with Crippen LogP contribution in [0.5, 0.6) is 0 Å². The molecule has 0 radical (unpaired) electrons. The average molecular weight is 433 g/mol. The van der Waals surface area contributed by atoms with E-state index in [0.29, 0.717) is 17.0 Å². The van der Waals surface area contributed by atoms with Crippen molar-refractivity contribution in [1.29, 1.82) is 0 Å². The minimum atomic E-state index is -3.70. The van der Waals surface area contributed by atoms with Crippen molar-refractivity contribution in [1.82, 2.24) is 5.43 Å². The lowest BCUT2D eigenvalue weighted by Crippen LogP contribution is -2.50. The first-order chi connectivity index (χ1) is 13.9. The summed E-state index contributed by atoms with van der Waals surface area (Å²) >= 11 is 6.08. The SMILES string of the molecule is CCOP(=O)(OCC)C1=NNC2(Cc3ccccc3C2=O)C1c1ccc(Cl)cc1. The Balaban J connectivity index is 1.86. The maximum atomic E-state index is 13.6. The number of hydrazone groups is 1. The summed E-state index contributed by atoms with van der Waals surface area (Å²) < 4.78 is 24.8. The first-order valence-corrected chi connectivity index (χ1v) is 11.5. The van der Waals surface area contributed by atoms with Crippen molar-refractivity contribution in [2.75, 3.05) is 13.2 Å². The van der Waals surface area contributed by atoms with Crippen LogP contribution in [0.3, 0.4) is 0 Å². The lowest BCUT2D eigenvalue weighted by Gasteiger charge is -2.31. The fraction of sp³-hybridized carbons (Fsp3) is 0.333. The highest BCUT2D eigenvalue weighted by atomic mass is 35.5. The average Bonchev–Trinajstić information content (AvgIpc) is 3.22. The smallest absolute Gasteiger partial charge is 0.305 e. The number of Topliss-reactive ketones (excluding diaryl/α,β-unsaturated/α-hetero) is 1. The highest BCUT2D eigenvalue weighted by molar-refractivity contribution is 7.72. The Morgan fingerprint density at radius 1 is 1.14 bits per heavy atom. The molecule has 8 heteroatoms. The number of halogens is 1. The molecule has 1 heterocycles. The van der Waals surface area contributed by atoms with Gasteiger partial charge in [-0.05, 0) is 37.1 Å². The molecule has 0 amide bonds. The van der Waals surface area contributed by atoms with E-state index >= 15 is 0 Å². The number of carbonyl (C=O) groups is 1. The van der Waals surface area contributed by atoms with Gasteiger partial charge in [-0.3, -0.25) is 14.8 Å². The molecule has 152 valence electrons. The van der Waals surface area contributed by atoms with Gasteiger partial charge in [0.2, 0.25) is 0 Å². The number of nitrogens with one attached hydrogen (secondary N) is 1. The molecule has 2 aromatic carbocycles. The number of ketones is 1. The summed E-state index contributed by atoms with van der Waals surface area (Å²) in [5.74, 6) is -0.685. The van der Waals surface area contributed by atoms with E-state index < -0.39 is 19.1 Å². The molecule has 2 aliphatic rings. The van der Waals surface area contributed by atoms with Gasteiger partial charge in [-0.1, -0.05) is 48.0 Å². The first-order valence-electron chi connectivity index (χ1n) is 9.58. The molecule has 2 atom stereocenters. The number of carbonyl (C=O) groups excluding carboxylic acids is 1. The van der Waals surface area contributed by atoms with Crippen LogP contribution in [-0.4, -0.2) is 30.0 Å². The van der Waals surface area contributed by atoms with Crippen LogP contribution >= 0.6 is 19.2 Å². The van der Waals surface area contributed by atoms with E-state index in [0.717, 1.165) is 11.1 Å². The van der Waals surface area contributed by atoms with Gasteiger partial charge in [-0.15, -0.1) is 0 Å². The summed E-state index contributed by atoms with van der Waals surface area (Å²) in [7, 11) is -3.70. The maximum Gasteiger partial charge on any atom is 0.377 e. The molecule has 0 saturated heterocycles. The summed E-state index contributed by atoms with van der Waals surface area (Å²) in [6.45, 7) is 3.89. The largest absolute Gasteiger partial charge is 0.377 e. The molecule has 4 rings (SSSR count). The van der Waals surface area contributed by atoms with Gasteiger partial charge in [0.1, 0.15) is 5.54 Å². The molecule has 2 unspecified atom stereocenters. The summed E-state index contributed by atoms with van der Waals surface area (Å²) in [4.78, 5) is 13.5. The van der Waals surface area contributed by atoms with Crippen molar-refractivity contribution < 1.29 is 18.4 Å². The Labute approximate surface area is 174 Å². The molecule has 0 saturated carbocycles. The fourth-order valence-corrected chi connectivity index (χ4v) is 6.17. The number of rotatable bonds is 6. The molecule has 1 aliphatic carbocycles. The van der Waals surface area contributed by atoms with Crippen LogP contribution in [-0.2, 0) is 20.0 Å². The van der Waals surface area contributed by atoms with Gasteiger partial charge in [0.25, 0.3) is 0 Å². The zero-order valence-electron chi connectivity index (χ0n) is 16.2. The third kappa shape index (κ3) is 3.24. The van der Waals surface area contributed by atoms with Crippen molar-refractivity contribution in [2.45, 2.75) is 31.7 Å². The summed E-state index contributed by atoms with van der Waals surface area (Å²) in [6.07, 6.45) is 0.431. The normalized spacial score (nSPS) is 23.2. The Hall–Kier alpha value is -1.98. The molecule has 0 fully saturated rings. The lowest BCUT2D eigenvalue weighted by atomic mass is 9.78. The zero-order valence-corrected chi connectivity index (χ0v) is 17.9. The van der Waals surface area contributed by atoms with E-state index in [1.54, 1.807) is 26.0 Å². The molecule has 29 heavy (non-hydrogen) atoms. The Bertz CT molecular complexity index is 1010. The topological polar surface area (TPSA) is 77.0 Å². The highest BCUT2D eigenvalue weighted by Gasteiger charge is 2.60. The highest BCUT2D eigenvalue weighted by Crippen LogP contribution is 2.59. The molecule has 1 N–H and O–H groups in total. The molecule has 2 aromatic rings. The number of hydrogen-bond donors (Lipinski definition) is 1. The van der Waals surface area contributed by atoms with Crippen molar-refractivity contribution in [3.63, 3.8) is 0 Å². The Kier molecular flexibility index (Phi) is 5.38. The lowest BCUT2D eigenvalue weighted by molar-refractivity contribution is 0.0875.